The summed E-state index contributed by atoms with van der Waals surface area (Å²) in [7, 11) is 0. The van der Waals surface area contributed by atoms with Crippen LogP contribution < -0.4 is 10.6 Å². The maximum absolute atomic E-state index is 13.6. The Morgan fingerprint density at radius 3 is 2.30 bits per heavy atom. The number of halogens is 1. The monoisotopic (exact) mass is 368 g/mol. The Balaban J connectivity index is 1.66. The van der Waals surface area contributed by atoms with Gasteiger partial charge in [-0.3, -0.25) is 9.59 Å². The number of benzene rings is 2. The molecule has 2 amide bonds. The van der Waals surface area contributed by atoms with Gasteiger partial charge in [-0.15, -0.1) is 0 Å². The molecule has 0 aliphatic heterocycles. The van der Waals surface area contributed by atoms with E-state index in [4.69, 9.17) is 0 Å². The number of carbonyl (C=O) groups is 2. The second-order valence-electron chi connectivity index (χ2n) is 7.45. The van der Waals surface area contributed by atoms with Crippen molar-refractivity contribution in [2.24, 2.45) is 0 Å². The van der Waals surface area contributed by atoms with Crippen LogP contribution in [0.2, 0.25) is 0 Å². The molecule has 2 aromatic rings. The minimum atomic E-state index is -0.724. The molecule has 0 spiro atoms. The summed E-state index contributed by atoms with van der Waals surface area (Å²) in [5.41, 5.74) is 3.85. The van der Waals surface area contributed by atoms with Gasteiger partial charge in [0.05, 0.1) is 12.0 Å². The number of amides is 2. The SMILES string of the molecule is Cc1cc(C)c(NC(=O)CNC(=O)C2(c3cccc(F)c3)CCC2)c(C)c1. The van der Waals surface area contributed by atoms with E-state index in [1.165, 1.54) is 12.1 Å². The second-order valence-corrected chi connectivity index (χ2v) is 7.45. The van der Waals surface area contributed by atoms with Crippen LogP contribution in [0.25, 0.3) is 0 Å². The fourth-order valence-electron chi connectivity index (χ4n) is 3.85. The van der Waals surface area contributed by atoms with Gasteiger partial charge in [0.25, 0.3) is 0 Å². The number of anilines is 1. The molecular weight excluding hydrogens is 343 g/mol. The average Bonchev–Trinajstić information content (AvgIpc) is 2.55. The van der Waals surface area contributed by atoms with E-state index in [1.807, 2.05) is 32.9 Å². The number of rotatable bonds is 5. The maximum Gasteiger partial charge on any atom is 0.243 e. The van der Waals surface area contributed by atoms with E-state index in [-0.39, 0.29) is 24.2 Å². The quantitative estimate of drug-likeness (QED) is 0.840. The molecule has 1 saturated carbocycles. The van der Waals surface area contributed by atoms with Crippen molar-refractivity contribution >= 4 is 17.5 Å². The van der Waals surface area contributed by atoms with Crippen molar-refractivity contribution in [1.82, 2.24) is 5.32 Å². The standard InChI is InChI=1S/C22H25FN2O2/c1-14-10-15(2)20(16(3)11-14)25-19(26)13-24-21(27)22(8-5-9-22)17-6-4-7-18(23)12-17/h4,6-7,10-12H,5,8-9,13H2,1-3H3,(H,24,27)(H,25,26). The maximum atomic E-state index is 13.6. The van der Waals surface area contributed by atoms with Crippen molar-refractivity contribution in [2.45, 2.75) is 45.4 Å². The lowest BCUT2D eigenvalue weighted by atomic mass is 9.64. The van der Waals surface area contributed by atoms with Crippen LogP contribution in [-0.4, -0.2) is 18.4 Å². The molecule has 0 unspecified atom stereocenters. The first kappa shape index (κ1) is 19.1. The van der Waals surface area contributed by atoms with Crippen molar-refractivity contribution in [1.29, 1.82) is 0 Å². The molecule has 1 fully saturated rings. The fourth-order valence-corrected chi connectivity index (χ4v) is 3.85. The molecule has 1 aliphatic carbocycles. The zero-order valence-corrected chi connectivity index (χ0v) is 16.0. The van der Waals surface area contributed by atoms with Crippen LogP contribution in [0.5, 0.6) is 0 Å². The average molecular weight is 368 g/mol. The van der Waals surface area contributed by atoms with Gasteiger partial charge in [0.15, 0.2) is 0 Å². The van der Waals surface area contributed by atoms with E-state index in [2.05, 4.69) is 10.6 Å². The Bertz CT molecular complexity index is 865. The Morgan fingerprint density at radius 1 is 1.07 bits per heavy atom. The molecule has 3 rings (SSSR count). The topological polar surface area (TPSA) is 58.2 Å². The summed E-state index contributed by atoms with van der Waals surface area (Å²) in [5, 5.41) is 5.62. The third-order valence-electron chi connectivity index (χ3n) is 5.37. The number of hydrogen-bond acceptors (Lipinski definition) is 2. The van der Waals surface area contributed by atoms with Gasteiger partial charge in [0.1, 0.15) is 5.82 Å². The van der Waals surface area contributed by atoms with E-state index in [1.54, 1.807) is 12.1 Å². The van der Waals surface area contributed by atoms with Gasteiger partial charge >= 0.3 is 0 Å². The van der Waals surface area contributed by atoms with Crippen LogP contribution in [-0.2, 0) is 15.0 Å². The Labute approximate surface area is 159 Å². The first-order chi connectivity index (χ1) is 12.8. The normalized spacial score (nSPS) is 15.0. The summed E-state index contributed by atoms with van der Waals surface area (Å²) in [6.45, 7) is 5.79. The Hall–Kier alpha value is -2.69. The molecule has 4 nitrogen and oxygen atoms in total. The lowest BCUT2D eigenvalue weighted by molar-refractivity contribution is -0.131. The molecular formula is C22H25FN2O2. The van der Waals surface area contributed by atoms with Crippen molar-refractivity contribution in [3.8, 4) is 0 Å². The zero-order valence-electron chi connectivity index (χ0n) is 16.0. The van der Waals surface area contributed by atoms with Crippen LogP contribution >= 0.6 is 0 Å². The summed E-state index contributed by atoms with van der Waals surface area (Å²) in [6.07, 6.45) is 2.25. The van der Waals surface area contributed by atoms with Gasteiger partial charge in [-0.05, 0) is 62.4 Å². The van der Waals surface area contributed by atoms with Crippen LogP contribution in [0.3, 0.4) is 0 Å². The zero-order chi connectivity index (χ0) is 19.6. The third-order valence-corrected chi connectivity index (χ3v) is 5.37. The van der Waals surface area contributed by atoms with Gasteiger partial charge in [-0.2, -0.15) is 0 Å². The van der Waals surface area contributed by atoms with E-state index >= 15 is 0 Å². The van der Waals surface area contributed by atoms with Crippen molar-refractivity contribution in [3.63, 3.8) is 0 Å². The lowest BCUT2D eigenvalue weighted by Crippen LogP contribution is -2.50. The van der Waals surface area contributed by atoms with E-state index in [0.717, 1.165) is 28.8 Å². The van der Waals surface area contributed by atoms with Gasteiger partial charge in [0, 0.05) is 5.69 Å². The summed E-state index contributed by atoms with van der Waals surface area (Å²) >= 11 is 0. The third kappa shape index (κ3) is 3.87. The summed E-state index contributed by atoms with van der Waals surface area (Å²) in [5.74, 6) is -0.839. The fraction of sp³-hybridized carbons (Fsp3) is 0.364. The van der Waals surface area contributed by atoms with Crippen molar-refractivity contribution in [2.75, 3.05) is 11.9 Å². The first-order valence-corrected chi connectivity index (χ1v) is 9.24. The number of carbonyl (C=O) groups excluding carboxylic acids is 2. The van der Waals surface area contributed by atoms with E-state index in [9.17, 15) is 14.0 Å². The van der Waals surface area contributed by atoms with Crippen molar-refractivity contribution in [3.05, 3.63) is 64.5 Å². The van der Waals surface area contributed by atoms with Gasteiger partial charge in [0.2, 0.25) is 11.8 Å². The van der Waals surface area contributed by atoms with Crippen LogP contribution in [0.4, 0.5) is 10.1 Å². The minimum absolute atomic E-state index is 0.108. The highest BCUT2D eigenvalue weighted by molar-refractivity contribution is 5.97. The van der Waals surface area contributed by atoms with Gasteiger partial charge in [-0.25, -0.2) is 4.39 Å². The predicted octanol–water partition coefficient (Wildman–Crippen LogP) is 3.93. The van der Waals surface area contributed by atoms with Crippen molar-refractivity contribution < 1.29 is 14.0 Å². The van der Waals surface area contributed by atoms with E-state index < -0.39 is 5.41 Å². The molecule has 5 heteroatoms. The molecule has 0 atom stereocenters. The van der Waals surface area contributed by atoms with Crippen LogP contribution in [0.15, 0.2) is 36.4 Å². The molecule has 1 aliphatic rings. The molecule has 2 N–H and O–H groups in total. The first-order valence-electron chi connectivity index (χ1n) is 9.24. The largest absolute Gasteiger partial charge is 0.346 e. The molecule has 0 bridgehead atoms. The highest BCUT2D eigenvalue weighted by Gasteiger charge is 2.45. The molecule has 0 radical (unpaired) electrons. The number of nitrogens with one attached hydrogen (secondary N) is 2. The molecule has 2 aromatic carbocycles. The highest BCUT2D eigenvalue weighted by Crippen LogP contribution is 2.44. The molecule has 0 aromatic heterocycles. The van der Waals surface area contributed by atoms with E-state index in [0.29, 0.717) is 18.4 Å². The minimum Gasteiger partial charge on any atom is -0.346 e. The van der Waals surface area contributed by atoms with Gasteiger partial charge < -0.3 is 10.6 Å². The second kappa shape index (κ2) is 7.51. The van der Waals surface area contributed by atoms with Gasteiger partial charge in [-0.1, -0.05) is 36.2 Å². The predicted molar refractivity (Wildman–Crippen MR) is 104 cm³/mol. The van der Waals surface area contributed by atoms with Crippen LogP contribution in [0.1, 0.15) is 41.5 Å². The molecule has 0 heterocycles. The molecule has 0 saturated heterocycles. The Kier molecular flexibility index (Phi) is 5.31. The Morgan fingerprint density at radius 2 is 1.74 bits per heavy atom. The summed E-state index contributed by atoms with van der Waals surface area (Å²) in [6, 6.07) is 10.2. The highest BCUT2D eigenvalue weighted by atomic mass is 19.1. The molecule has 142 valence electrons. The lowest BCUT2D eigenvalue weighted by Gasteiger charge is -2.40. The molecule has 27 heavy (non-hydrogen) atoms. The number of aryl methyl sites for hydroxylation is 3. The van der Waals surface area contributed by atoms with Crippen LogP contribution in [0, 0.1) is 26.6 Å². The summed E-state index contributed by atoms with van der Waals surface area (Å²) < 4.78 is 13.6. The number of hydrogen-bond donors (Lipinski definition) is 2. The summed E-state index contributed by atoms with van der Waals surface area (Å²) in [4.78, 5) is 25.1. The smallest absolute Gasteiger partial charge is 0.243 e.